The van der Waals surface area contributed by atoms with E-state index in [2.05, 4.69) is 10.0 Å². The van der Waals surface area contributed by atoms with Gasteiger partial charge in [-0.2, -0.15) is 0 Å². The molecule has 0 aliphatic rings. The van der Waals surface area contributed by atoms with E-state index in [0.29, 0.717) is 0 Å². The number of amides is 1. The molecule has 0 radical (unpaired) electrons. The molecule has 0 atom stereocenters. The van der Waals surface area contributed by atoms with Gasteiger partial charge in [-0.05, 0) is 36.3 Å². The number of sulfonamides is 1. The van der Waals surface area contributed by atoms with Crippen molar-refractivity contribution in [1.82, 2.24) is 10.0 Å². The minimum Gasteiger partial charge on any atom is -0.352 e. The van der Waals surface area contributed by atoms with Gasteiger partial charge in [0.05, 0.1) is 0 Å². The molecule has 0 spiro atoms. The lowest BCUT2D eigenvalue weighted by Crippen LogP contribution is -2.29. The second kappa shape index (κ2) is 9.26. The maximum absolute atomic E-state index is 12.8. The number of aryl methyl sites for hydroxylation is 1. The summed E-state index contributed by atoms with van der Waals surface area (Å²) in [6.07, 6.45) is 1.51. The lowest BCUT2D eigenvalue weighted by molar-refractivity contribution is -0.121. The van der Waals surface area contributed by atoms with Crippen LogP contribution in [0.5, 0.6) is 0 Å². The highest BCUT2D eigenvalue weighted by Gasteiger charge is 2.07. The normalized spacial score (nSPS) is 11.6. The highest BCUT2D eigenvalue weighted by molar-refractivity contribution is 7.92. The summed E-state index contributed by atoms with van der Waals surface area (Å²) in [4.78, 5) is 11.7. The van der Waals surface area contributed by atoms with Crippen molar-refractivity contribution in [1.29, 1.82) is 0 Å². The first kappa shape index (κ1) is 19.8. The average Bonchev–Trinajstić information content (AvgIpc) is 2.61. The fourth-order valence-corrected chi connectivity index (χ4v) is 2.91. The molecule has 7 heteroatoms. The zero-order valence-electron chi connectivity index (χ0n) is 14.4. The molecule has 0 aliphatic heterocycles. The molecule has 2 aromatic carbocycles. The van der Waals surface area contributed by atoms with Gasteiger partial charge >= 0.3 is 0 Å². The monoisotopic (exact) mass is 376 g/mol. The van der Waals surface area contributed by atoms with Crippen molar-refractivity contribution in [3.63, 3.8) is 0 Å². The summed E-state index contributed by atoms with van der Waals surface area (Å²) < 4.78 is 38.9. The Labute approximate surface area is 153 Å². The van der Waals surface area contributed by atoms with Gasteiger partial charge in [0.15, 0.2) is 0 Å². The number of halogens is 1. The fraction of sp³-hybridized carbons (Fsp3) is 0.211. The molecule has 0 aromatic heterocycles. The summed E-state index contributed by atoms with van der Waals surface area (Å²) in [5.41, 5.74) is 2.63. The van der Waals surface area contributed by atoms with E-state index in [1.165, 1.54) is 18.2 Å². The van der Waals surface area contributed by atoms with Crippen LogP contribution in [0, 0.1) is 12.7 Å². The molecule has 0 bridgehead atoms. The van der Waals surface area contributed by atoms with Crippen molar-refractivity contribution < 1.29 is 17.6 Å². The number of rotatable bonds is 8. The van der Waals surface area contributed by atoms with Gasteiger partial charge in [0.2, 0.25) is 15.9 Å². The van der Waals surface area contributed by atoms with Gasteiger partial charge in [0, 0.05) is 24.9 Å². The van der Waals surface area contributed by atoms with E-state index in [4.69, 9.17) is 0 Å². The minimum atomic E-state index is -3.61. The Kier molecular flexibility index (Phi) is 7.06. The third-order valence-electron chi connectivity index (χ3n) is 3.58. The minimum absolute atomic E-state index is 0.00414. The summed E-state index contributed by atoms with van der Waals surface area (Å²) in [5.74, 6) is -0.632. The molecule has 2 aromatic rings. The molecule has 2 N–H and O–H groups in total. The van der Waals surface area contributed by atoms with E-state index in [-0.39, 0.29) is 31.2 Å². The zero-order chi connectivity index (χ0) is 19.0. The summed E-state index contributed by atoms with van der Waals surface area (Å²) in [5, 5.41) is 3.73. The standard InChI is InChI=1S/C19H21FN2O3S/c1-15-2-4-16(5-3-15)11-13-26(24,25)22-12-10-19(23)21-14-17-6-8-18(20)9-7-17/h2-9,11,13,22H,10,12,14H2,1H3,(H,21,23)/b13-11+. The molecule has 138 valence electrons. The summed E-state index contributed by atoms with van der Waals surface area (Å²) in [6.45, 7) is 2.21. The first-order chi connectivity index (χ1) is 12.3. The molecular weight excluding hydrogens is 355 g/mol. The van der Waals surface area contributed by atoms with Crippen LogP contribution in [0.2, 0.25) is 0 Å². The Morgan fingerprint density at radius 1 is 1.08 bits per heavy atom. The first-order valence-corrected chi connectivity index (χ1v) is 9.64. The van der Waals surface area contributed by atoms with Crippen molar-refractivity contribution in [2.24, 2.45) is 0 Å². The topological polar surface area (TPSA) is 75.3 Å². The van der Waals surface area contributed by atoms with Crippen LogP contribution in [0.1, 0.15) is 23.1 Å². The van der Waals surface area contributed by atoms with Crippen molar-refractivity contribution in [3.05, 3.63) is 76.4 Å². The molecule has 5 nitrogen and oxygen atoms in total. The Morgan fingerprint density at radius 3 is 2.38 bits per heavy atom. The third-order valence-corrected chi connectivity index (χ3v) is 4.68. The lowest BCUT2D eigenvalue weighted by atomic mass is 10.2. The van der Waals surface area contributed by atoms with E-state index in [1.54, 1.807) is 12.1 Å². The van der Waals surface area contributed by atoms with E-state index >= 15 is 0 Å². The predicted molar refractivity (Wildman–Crippen MR) is 100.0 cm³/mol. The van der Waals surface area contributed by atoms with Crippen LogP contribution in [0.4, 0.5) is 4.39 Å². The first-order valence-electron chi connectivity index (χ1n) is 8.10. The van der Waals surface area contributed by atoms with Crippen LogP contribution >= 0.6 is 0 Å². The van der Waals surface area contributed by atoms with Gasteiger partial charge in [-0.15, -0.1) is 0 Å². The Balaban J connectivity index is 1.74. The van der Waals surface area contributed by atoms with Gasteiger partial charge in [0.25, 0.3) is 0 Å². The number of hydrogen-bond acceptors (Lipinski definition) is 3. The van der Waals surface area contributed by atoms with E-state index in [0.717, 1.165) is 22.1 Å². The summed E-state index contributed by atoms with van der Waals surface area (Å²) in [6, 6.07) is 13.2. The predicted octanol–water partition coefficient (Wildman–Crippen LogP) is 2.73. The number of benzene rings is 2. The van der Waals surface area contributed by atoms with Crippen molar-refractivity contribution in [2.45, 2.75) is 19.9 Å². The fourth-order valence-electron chi connectivity index (χ4n) is 2.09. The van der Waals surface area contributed by atoms with Crippen molar-refractivity contribution >= 4 is 22.0 Å². The Morgan fingerprint density at radius 2 is 1.73 bits per heavy atom. The molecule has 0 saturated carbocycles. The Bertz CT molecular complexity index is 861. The maximum atomic E-state index is 12.8. The van der Waals surface area contributed by atoms with Crippen molar-refractivity contribution in [2.75, 3.05) is 6.54 Å². The smallest absolute Gasteiger partial charge is 0.233 e. The largest absolute Gasteiger partial charge is 0.352 e. The van der Waals surface area contributed by atoms with Gasteiger partial charge in [-0.1, -0.05) is 42.0 Å². The van der Waals surface area contributed by atoms with Gasteiger partial charge in [-0.3, -0.25) is 4.79 Å². The highest BCUT2D eigenvalue weighted by Crippen LogP contribution is 2.06. The molecule has 0 unspecified atom stereocenters. The van der Waals surface area contributed by atoms with E-state index in [9.17, 15) is 17.6 Å². The lowest BCUT2D eigenvalue weighted by Gasteiger charge is -2.06. The number of carbonyl (C=O) groups excluding carboxylic acids is 1. The summed E-state index contributed by atoms with van der Waals surface area (Å²) in [7, 11) is -3.61. The molecule has 0 heterocycles. The maximum Gasteiger partial charge on any atom is 0.233 e. The van der Waals surface area contributed by atoms with Crippen LogP contribution in [0.3, 0.4) is 0 Å². The Hall–Kier alpha value is -2.51. The highest BCUT2D eigenvalue weighted by atomic mass is 32.2. The summed E-state index contributed by atoms with van der Waals surface area (Å²) >= 11 is 0. The average molecular weight is 376 g/mol. The molecule has 0 aliphatic carbocycles. The molecule has 0 fully saturated rings. The van der Waals surface area contributed by atoms with Crippen LogP contribution in [0.25, 0.3) is 6.08 Å². The molecule has 0 saturated heterocycles. The van der Waals surface area contributed by atoms with Crippen LogP contribution in [0.15, 0.2) is 53.9 Å². The van der Waals surface area contributed by atoms with Gasteiger partial charge in [-0.25, -0.2) is 17.5 Å². The second-order valence-corrected chi connectivity index (χ2v) is 7.46. The van der Waals surface area contributed by atoms with Gasteiger partial charge in [0.1, 0.15) is 5.82 Å². The van der Waals surface area contributed by atoms with Gasteiger partial charge < -0.3 is 5.32 Å². The van der Waals surface area contributed by atoms with Crippen LogP contribution in [-0.4, -0.2) is 20.9 Å². The van der Waals surface area contributed by atoms with Crippen molar-refractivity contribution in [3.8, 4) is 0 Å². The number of carbonyl (C=O) groups is 1. The van der Waals surface area contributed by atoms with E-state index in [1.807, 2.05) is 31.2 Å². The number of nitrogens with one attached hydrogen (secondary N) is 2. The molecular formula is C19H21FN2O3S. The zero-order valence-corrected chi connectivity index (χ0v) is 15.2. The van der Waals surface area contributed by atoms with E-state index < -0.39 is 10.0 Å². The SMILES string of the molecule is Cc1ccc(/C=C/S(=O)(=O)NCCC(=O)NCc2ccc(F)cc2)cc1. The molecule has 2 rings (SSSR count). The number of hydrogen-bond donors (Lipinski definition) is 2. The molecule has 26 heavy (non-hydrogen) atoms. The van der Waals surface area contributed by atoms with Crippen LogP contribution in [-0.2, 0) is 21.4 Å². The second-order valence-electron chi connectivity index (χ2n) is 5.81. The third kappa shape index (κ3) is 7.16. The van der Waals surface area contributed by atoms with Crippen LogP contribution < -0.4 is 10.0 Å². The molecule has 1 amide bonds. The quantitative estimate of drug-likeness (QED) is 0.744.